The summed E-state index contributed by atoms with van der Waals surface area (Å²) in [5, 5.41) is 3.43. The topological polar surface area (TPSA) is 12.0 Å². The molecule has 0 bridgehead atoms. The molecule has 0 fully saturated rings. The molecule has 0 aliphatic heterocycles. The van der Waals surface area contributed by atoms with Crippen LogP contribution < -0.4 is 5.32 Å². The van der Waals surface area contributed by atoms with Crippen LogP contribution in [-0.4, -0.2) is 6.54 Å². The molecule has 0 heterocycles. The van der Waals surface area contributed by atoms with E-state index in [-0.39, 0.29) is 10.6 Å². The van der Waals surface area contributed by atoms with E-state index in [1.165, 1.54) is 0 Å². The predicted octanol–water partition coefficient (Wildman–Crippen LogP) is 4.97. The summed E-state index contributed by atoms with van der Waals surface area (Å²) in [6.07, 6.45) is 0. The Bertz CT molecular complexity index is 617. The fourth-order valence-electron chi connectivity index (χ4n) is 2.06. The number of nitrogens with one attached hydrogen (secondary N) is 1. The number of hydrogen-bond acceptors (Lipinski definition) is 1. The molecule has 20 heavy (non-hydrogen) atoms. The Morgan fingerprint density at radius 3 is 2.50 bits per heavy atom. The lowest BCUT2D eigenvalue weighted by molar-refractivity contribution is 0.545. The average Bonchev–Trinajstić information content (AvgIpc) is 2.40. The summed E-state index contributed by atoms with van der Waals surface area (Å²) < 4.78 is 27.7. The number of halogens is 4. The quantitative estimate of drug-likeness (QED) is 0.785. The van der Waals surface area contributed by atoms with Crippen LogP contribution in [0.5, 0.6) is 0 Å². The second kappa shape index (κ2) is 6.53. The molecule has 1 N–H and O–H groups in total. The molecule has 0 aliphatic rings. The molecule has 0 saturated carbocycles. The second-order valence-corrected chi connectivity index (χ2v) is 5.18. The monoisotopic (exact) mass is 315 g/mol. The van der Waals surface area contributed by atoms with Crippen LogP contribution in [-0.2, 0) is 0 Å². The first-order chi connectivity index (χ1) is 9.52. The maximum atomic E-state index is 14.1. The van der Waals surface area contributed by atoms with Crippen molar-refractivity contribution in [1.29, 1.82) is 0 Å². The van der Waals surface area contributed by atoms with Crippen molar-refractivity contribution in [3.63, 3.8) is 0 Å². The molecular formula is C15H13Cl2F2N. The maximum absolute atomic E-state index is 14.1. The lowest BCUT2D eigenvalue weighted by atomic mass is 9.98. The van der Waals surface area contributed by atoms with Crippen LogP contribution in [0.1, 0.15) is 24.1 Å². The second-order valence-electron chi connectivity index (χ2n) is 4.33. The molecule has 0 amide bonds. The molecule has 0 aliphatic carbocycles. The molecule has 5 heteroatoms. The molecule has 106 valence electrons. The van der Waals surface area contributed by atoms with Crippen LogP contribution >= 0.6 is 23.2 Å². The molecule has 0 aromatic heterocycles. The molecule has 0 radical (unpaired) electrons. The molecule has 1 nitrogen and oxygen atoms in total. The summed E-state index contributed by atoms with van der Waals surface area (Å²) in [6, 6.07) is 8.66. The van der Waals surface area contributed by atoms with Gasteiger partial charge in [-0.1, -0.05) is 42.3 Å². The van der Waals surface area contributed by atoms with Gasteiger partial charge in [0.05, 0.1) is 11.1 Å². The molecule has 2 aromatic carbocycles. The highest BCUT2D eigenvalue weighted by Crippen LogP contribution is 2.29. The van der Waals surface area contributed by atoms with Crippen molar-refractivity contribution in [3.05, 3.63) is 69.2 Å². The smallest absolute Gasteiger partial charge is 0.142 e. The third-order valence-electron chi connectivity index (χ3n) is 2.94. The minimum atomic E-state index is -0.645. The van der Waals surface area contributed by atoms with Gasteiger partial charge in [0.15, 0.2) is 0 Å². The van der Waals surface area contributed by atoms with Gasteiger partial charge in [-0.25, -0.2) is 8.78 Å². The number of hydrogen-bond donors (Lipinski definition) is 1. The Labute approximate surface area is 126 Å². The highest BCUT2D eigenvalue weighted by Gasteiger charge is 2.19. The van der Waals surface area contributed by atoms with Crippen LogP contribution in [0.2, 0.25) is 10.0 Å². The summed E-state index contributed by atoms with van der Waals surface area (Å²) >= 11 is 11.5. The van der Waals surface area contributed by atoms with Gasteiger partial charge < -0.3 is 5.32 Å². The van der Waals surface area contributed by atoms with Crippen molar-refractivity contribution in [3.8, 4) is 0 Å². The summed E-state index contributed by atoms with van der Waals surface area (Å²) in [7, 11) is 0. The van der Waals surface area contributed by atoms with Crippen molar-refractivity contribution in [2.24, 2.45) is 0 Å². The van der Waals surface area contributed by atoms with Crippen LogP contribution in [0.25, 0.3) is 0 Å². The molecular weight excluding hydrogens is 303 g/mol. The van der Waals surface area contributed by atoms with Gasteiger partial charge in [0, 0.05) is 10.6 Å². The standard InChI is InChI=1S/C15H13Cl2F2N/c1-2-20-15(9-4-3-5-10(16)6-9)11-7-14(19)12(17)8-13(11)18/h3-8,15,20H,2H2,1H3. The number of rotatable bonds is 4. The first-order valence-electron chi connectivity index (χ1n) is 6.16. The van der Waals surface area contributed by atoms with Crippen molar-refractivity contribution in [2.45, 2.75) is 13.0 Å². The average molecular weight is 316 g/mol. The van der Waals surface area contributed by atoms with Crippen LogP contribution in [0, 0.1) is 11.6 Å². The van der Waals surface area contributed by atoms with Crippen molar-refractivity contribution >= 4 is 23.2 Å². The summed E-state index contributed by atoms with van der Waals surface area (Å²) in [4.78, 5) is 0. The Morgan fingerprint density at radius 1 is 1.10 bits per heavy atom. The zero-order valence-electron chi connectivity index (χ0n) is 10.8. The Hall–Kier alpha value is -1.16. The van der Waals surface area contributed by atoms with Crippen molar-refractivity contribution in [1.82, 2.24) is 5.32 Å². The Morgan fingerprint density at radius 2 is 1.85 bits per heavy atom. The normalized spacial score (nSPS) is 12.4. The fourth-order valence-corrected chi connectivity index (χ4v) is 2.41. The predicted molar refractivity (Wildman–Crippen MR) is 78.3 cm³/mol. The zero-order chi connectivity index (χ0) is 14.7. The Balaban J connectivity index is 2.51. The molecule has 2 rings (SSSR count). The highest BCUT2D eigenvalue weighted by molar-refractivity contribution is 6.31. The maximum Gasteiger partial charge on any atom is 0.142 e. The van der Waals surface area contributed by atoms with E-state index < -0.39 is 17.7 Å². The summed E-state index contributed by atoms with van der Waals surface area (Å²) in [6.45, 7) is 2.49. The van der Waals surface area contributed by atoms with Crippen LogP contribution in [0.3, 0.4) is 0 Å². The van der Waals surface area contributed by atoms with E-state index in [9.17, 15) is 8.78 Å². The van der Waals surface area contributed by atoms with E-state index >= 15 is 0 Å². The molecule has 2 aromatic rings. The van der Waals surface area contributed by atoms with Gasteiger partial charge >= 0.3 is 0 Å². The third kappa shape index (κ3) is 3.29. The van der Waals surface area contributed by atoms with Gasteiger partial charge in [-0.05, 0) is 36.4 Å². The minimum Gasteiger partial charge on any atom is -0.306 e. The van der Waals surface area contributed by atoms with E-state index in [4.69, 9.17) is 23.2 Å². The van der Waals surface area contributed by atoms with Gasteiger partial charge in [-0.15, -0.1) is 0 Å². The first-order valence-corrected chi connectivity index (χ1v) is 6.91. The lowest BCUT2D eigenvalue weighted by Crippen LogP contribution is -2.23. The van der Waals surface area contributed by atoms with Crippen molar-refractivity contribution in [2.75, 3.05) is 6.54 Å². The van der Waals surface area contributed by atoms with Gasteiger partial charge in [0.1, 0.15) is 11.6 Å². The van der Waals surface area contributed by atoms with E-state index in [1.807, 2.05) is 13.0 Å². The Kier molecular flexibility index (Phi) is 4.97. The molecule has 0 saturated heterocycles. The fraction of sp³-hybridized carbons (Fsp3) is 0.200. The van der Waals surface area contributed by atoms with E-state index in [2.05, 4.69) is 5.32 Å². The lowest BCUT2D eigenvalue weighted by Gasteiger charge is -2.20. The summed E-state index contributed by atoms with van der Waals surface area (Å²) in [5.74, 6) is -1.20. The highest BCUT2D eigenvalue weighted by atomic mass is 35.5. The van der Waals surface area contributed by atoms with Crippen LogP contribution in [0.4, 0.5) is 8.78 Å². The van der Waals surface area contributed by atoms with E-state index in [0.717, 1.165) is 17.7 Å². The molecule has 1 atom stereocenters. The van der Waals surface area contributed by atoms with Gasteiger partial charge in [0.2, 0.25) is 0 Å². The molecule has 0 spiro atoms. The van der Waals surface area contributed by atoms with Gasteiger partial charge in [0.25, 0.3) is 0 Å². The SMILES string of the molecule is CCNC(c1cccc(Cl)c1)c1cc(F)c(Cl)cc1F. The first kappa shape index (κ1) is 15.2. The summed E-state index contributed by atoms with van der Waals surface area (Å²) in [5.41, 5.74) is 0.969. The molecule has 1 unspecified atom stereocenters. The number of benzene rings is 2. The zero-order valence-corrected chi connectivity index (χ0v) is 12.3. The van der Waals surface area contributed by atoms with Crippen LogP contribution in [0.15, 0.2) is 36.4 Å². The van der Waals surface area contributed by atoms with E-state index in [0.29, 0.717) is 11.6 Å². The minimum absolute atomic E-state index is 0.205. The third-order valence-corrected chi connectivity index (χ3v) is 3.47. The van der Waals surface area contributed by atoms with E-state index in [1.54, 1.807) is 18.2 Å². The van der Waals surface area contributed by atoms with Gasteiger partial charge in [-0.3, -0.25) is 0 Å². The largest absolute Gasteiger partial charge is 0.306 e. The van der Waals surface area contributed by atoms with Crippen molar-refractivity contribution < 1.29 is 8.78 Å². The van der Waals surface area contributed by atoms with Gasteiger partial charge in [-0.2, -0.15) is 0 Å².